The van der Waals surface area contributed by atoms with Crippen LogP contribution in [0.3, 0.4) is 0 Å². The molecule has 0 spiro atoms. The van der Waals surface area contributed by atoms with E-state index < -0.39 is 0 Å². The van der Waals surface area contributed by atoms with Gasteiger partial charge in [0, 0.05) is 26.1 Å². The fraction of sp³-hybridized carbons (Fsp3) is 0.417. The molecule has 1 saturated heterocycles. The molecular weight excluding hydrogens is 223 g/mol. The molecule has 0 bridgehead atoms. The van der Waals surface area contributed by atoms with E-state index in [1.54, 1.807) is 23.2 Å². The smallest absolute Gasteiger partial charge is 0.242 e. The molecule has 0 aliphatic carbocycles. The Morgan fingerprint density at radius 3 is 2.82 bits per heavy atom. The fourth-order valence-electron chi connectivity index (χ4n) is 1.96. The third-order valence-corrected chi connectivity index (χ3v) is 2.78. The molecule has 0 radical (unpaired) electrons. The molecule has 1 aliphatic heterocycles. The molecule has 1 aromatic carbocycles. The lowest BCUT2D eigenvalue weighted by molar-refractivity contribution is -0.128. The van der Waals surface area contributed by atoms with E-state index in [0.717, 1.165) is 0 Å². The number of hydrazine groups is 1. The molecule has 2 rings (SSSR count). The standard InChI is InChI=1S/C12H15FN2O2/c13-10-4-1-2-5-11(10)14-8-6-12(17)15(14)7-3-9-16/h1-2,4-5,16H,3,6-9H2. The van der Waals surface area contributed by atoms with Crippen LogP contribution in [0.15, 0.2) is 24.3 Å². The Bertz CT molecular complexity index is 411. The van der Waals surface area contributed by atoms with E-state index in [4.69, 9.17) is 5.11 Å². The minimum atomic E-state index is -0.337. The SMILES string of the molecule is O=C1CCN(c2ccccc2F)N1CCCO. The van der Waals surface area contributed by atoms with Gasteiger partial charge in [0.2, 0.25) is 5.91 Å². The molecule has 1 amide bonds. The first kappa shape index (κ1) is 11.9. The van der Waals surface area contributed by atoms with Gasteiger partial charge in [0.05, 0.1) is 5.69 Å². The predicted octanol–water partition coefficient (Wildman–Crippen LogP) is 1.16. The molecule has 0 saturated carbocycles. The van der Waals surface area contributed by atoms with Gasteiger partial charge in [-0.1, -0.05) is 12.1 Å². The van der Waals surface area contributed by atoms with E-state index in [1.807, 2.05) is 0 Å². The Balaban J connectivity index is 2.19. The molecule has 1 aromatic rings. The third-order valence-electron chi connectivity index (χ3n) is 2.78. The maximum Gasteiger partial charge on any atom is 0.242 e. The van der Waals surface area contributed by atoms with E-state index in [1.165, 1.54) is 11.1 Å². The Morgan fingerprint density at radius 2 is 2.12 bits per heavy atom. The largest absolute Gasteiger partial charge is 0.396 e. The Morgan fingerprint density at radius 1 is 1.35 bits per heavy atom. The van der Waals surface area contributed by atoms with Crippen LogP contribution in [0.4, 0.5) is 10.1 Å². The topological polar surface area (TPSA) is 43.8 Å². The van der Waals surface area contributed by atoms with Gasteiger partial charge >= 0.3 is 0 Å². The van der Waals surface area contributed by atoms with E-state index in [9.17, 15) is 9.18 Å². The van der Waals surface area contributed by atoms with Crippen molar-refractivity contribution in [1.29, 1.82) is 0 Å². The number of benzene rings is 1. The molecule has 1 fully saturated rings. The number of hydrogen-bond donors (Lipinski definition) is 1. The first-order valence-electron chi connectivity index (χ1n) is 5.67. The minimum absolute atomic E-state index is 0.0227. The van der Waals surface area contributed by atoms with Crippen LogP contribution in [0.25, 0.3) is 0 Å². The molecule has 17 heavy (non-hydrogen) atoms. The lowest BCUT2D eigenvalue weighted by Gasteiger charge is -2.29. The first-order chi connectivity index (χ1) is 8.24. The zero-order valence-corrected chi connectivity index (χ0v) is 9.47. The number of para-hydroxylation sites is 1. The van der Waals surface area contributed by atoms with Crippen molar-refractivity contribution in [2.24, 2.45) is 0 Å². The summed E-state index contributed by atoms with van der Waals surface area (Å²) in [6.07, 6.45) is 0.885. The summed E-state index contributed by atoms with van der Waals surface area (Å²) in [5.41, 5.74) is 0.413. The number of carbonyl (C=O) groups is 1. The normalized spacial score (nSPS) is 15.8. The van der Waals surface area contributed by atoms with Crippen molar-refractivity contribution in [2.45, 2.75) is 12.8 Å². The third kappa shape index (κ3) is 2.39. The van der Waals surface area contributed by atoms with Gasteiger partial charge in [-0.25, -0.2) is 4.39 Å². The number of anilines is 1. The quantitative estimate of drug-likeness (QED) is 0.856. The summed E-state index contributed by atoms with van der Waals surface area (Å²) in [4.78, 5) is 11.7. The number of halogens is 1. The number of aliphatic hydroxyl groups is 1. The average molecular weight is 238 g/mol. The number of nitrogens with zero attached hydrogens (tertiary/aromatic N) is 2. The summed E-state index contributed by atoms with van der Waals surface area (Å²) in [5.74, 6) is -0.363. The molecule has 92 valence electrons. The van der Waals surface area contributed by atoms with Crippen LogP contribution in [-0.4, -0.2) is 35.7 Å². The number of amides is 1. The Hall–Kier alpha value is -1.62. The molecule has 0 aromatic heterocycles. The molecule has 1 heterocycles. The van der Waals surface area contributed by atoms with Gasteiger partial charge in [0.15, 0.2) is 0 Å². The monoisotopic (exact) mass is 238 g/mol. The zero-order valence-electron chi connectivity index (χ0n) is 9.47. The van der Waals surface area contributed by atoms with Crippen LogP contribution in [-0.2, 0) is 4.79 Å². The summed E-state index contributed by atoms with van der Waals surface area (Å²) in [6, 6.07) is 6.39. The summed E-state index contributed by atoms with van der Waals surface area (Å²) < 4.78 is 13.6. The number of carbonyl (C=O) groups excluding carboxylic acids is 1. The lowest BCUT2D eigenvalue weighted by atomic mass is 10.3. The van der Waals surface area contributed by atoms with Gasteiger partial charge < -0.3 is 5.11 Å². The summed E-state index contributed by atoms with van der Waals surface area (Å²) in [7, 11) is 0. The zero-order chi connectivity index (χ0) is 12.3. The number of hydrogen-bond acceptors (Lipinski definition) is 3. The summed E-state index contributed by atoms with van der Waals surface area (Å²) in [5, 5.41) is 11.9. The van der Waals surface area contributed by atoms with Crippen molar-refractivity contribution in [2.75, 3.05) is 24.7 Å². The summed E-state index contributed by atoms with van der Waals surface area (Å²) >= 11 is 0. The first-order valence-corrected chi connectivity index (χ1v) is 5.67. The average Bonchev–Trinajstić information content (AvgIpc) is 2.69. The van der Waals surface area contributed by atoms with Crippen LogP contribution in [0, 0.1) is 5.82 Å². The van der Waals surface area contributed by atoms with Gasteiger partial charge in [-0.2, -0.15) is 0 Å². The molecule has 0 atom stereocenters. The molecule has 4 nitrogen and oxygen atoms in total. The van der Waals surface area contributed by atoms with Crippen molar-refractivity contribution in [3.05, 3.63) is 30.1 Å². The van der Waals surface area contributed by atoms with Gasteiger partial charge in [-0.3, -0.25) is 14.8 Å². The van der Waals surface area contributed by atoms with Crippen LogP contribution < -0.4 is 5.01 Å². The van der Waals surface area contributed by atoms with E-state index in [2.05, 4.69) is 0 Å². The van der Waals surface area contributed by atoms with E-state index in [-0.39, 0.29) is 18.3 Å². The van der Waals surface area contributed by atoms with Gasteiger partial charge in [0.1, 0.15) is 5.82 Å². The Labute approximate surface area is 99.2 Å². The minimum Gasteiger partial charge on any atom is -0.396 e. The van der Waals surface area contributed by atoms with Crippen molar-refractivity contribution >= 4 is 11.6 Å². The second kappa shape index (κ2) is 5.14. The maximum absolute atomic E-state index is 13.6. The van der Waals surface area contributed by atoms with Crippen molar-refractivity contribution < 1.29 is 14.3 Å². The van der Waals surface area contributed by atoms with E-state index >= 15 is 0 Å². The van der Waals surface area contributed by atoms with Crippen LogP contribution in [0.5, 0.6) is 0 Å². The van der Waals surface area contributed by atoms with Crippen molar-refractivity contribution in [3.8, 4) is 0 Å². The highest BCUT2D eigenvalue weighted by molar-refractivity contribution is 5.81. The maximum atomic E-state index is 13.6. The molecule has 0 unspecified atom stereocenters. The second-order valence-corrected chi connectivity index (χ2v) is 3.92. The van der Waals surface area contributed by atoms with Crippen LogP contribution in [0.1, 0.15) is 12.8 Å². The van der Waals surface area contributed by atoms with E-state index in [0.29, 0.717) is 31.6 Å². The molecule has 1 aliphatic rings. The highest BCUT2D eigenvalue weighted by atomic mass is 19.1. The van der Waals surface area contributed by atoms with Crippen molar-refractivity contribution in [1.82, 2.24) is 5.01 Å². The number of aliphatic hydroxyl groups excluding tert-OH is 1. The molecular formula is C12H15FN2O2. The van der Waals surface area contributed by atoms with Gasteiger partial charge in [-0.15, -0.1) is 0 Å². The lowest BCUT2D eigenvalue weighted by Crippen LogP contribution is -2.40. The van der Waals surface area contributed by atoms with Crippen LogP contribution >= 0.6 is 0 Å². The summed E-state index contributed by atoms with van der Waals surface area (Å²) in [6.45, 7) is 0.934. The fourth-order valence-corrected chi connectivity index (χ4v) is 1.96. The van der Waals surface area contributed by atoms with Crippen LogP contribution in [0.2, 0.25) is 0 Å². The predicted molar refractivity (Wildman–Crippen MR) is 61.8 cm³/mol. The van der Waals surface area contributed by atoms with Crippen molar-refractivity contribution in [3.63, 3.8) is 0 Å². The molecule has 5 heteroatoms. The highest BCUT2D eigenvalue weighted by Gasteiger charge is 2.29. The molecule has 1 N–H and O–H groups in total. The highest BCUT2D eigenvalue weighted by Crippen LogP contribution is 2.25. The number of rotatable bonds is 4. The van der Waals surface area contributed by atoms with Gasteiger partial charge in [0.25, 0.3) is 0 Å². The second-order valence-electron chi connectivity index (χ2n) is 3.92. The van der Waals surface area contributed by atoms with Gasteiger partial charge in [-0.05, 0) is 18.6 Å². The Kier molecular flexibility index (Phi) is 3.58.